The Kier molecular flexibility index (Phi) is 3.21. The van der Waals surface area contributed by atoms with Gasteiger partial charge in [0.15, 0.2) is 0 Å². The number of aromatic hydroxyl groups is 1. The molecule has 0 aliphatic carbocycles. The number of hydrogen-bond donors (Lipinski definition) is 1. The molecule has 0 aliphatic heterocycles. The zero-order chi connectivity index (χ0) is 13.9. The lowest BCUT2D eigenvalue weighted by molar-refractivity contribution is 0.480. The number of benzene rings is 2. The summed E-state index contributed by atoms with van der Waals surface area (Å²) in [5.74, 6) is 0.221. The maximum atomic E-state index is 9.76. The Labute approximate surface area is 118 Å². The van der Waals surface area contributed by atoms with Crippen LogP contribution in [0.2, 0.25) is 0 Å². The van der Waals surface area contributed by atoms with E-state index in [2.05, 4.69) is 36.2 Å². The summed E-state index contributed by atoms with van der Waals surface area (Å²) < 4.78 is 0. The van der Waals surface area contributed by atoms with Gasteiger partial charge in [0.05, 0.1) is 0 Å². The summed E-state index contributed by atoms with van der Waals surface area (Å²) in [4.78, 5) is 4.35. The predicted octanol–water partition coefficient (Wildman–Crippen LogP) is 4.50. The third-order valence-corrected chi connectivity index (χ3v) is 3.33. The highest BCUT2D eigenvalue weighted by Crippen LogP contribution is 2.25. The SMILES string of the molecule is C/C(=C\c1ccccc1)c1cnc2c(O)cccc2c1. The Morgan fingerprint density at radius 3 is 2.65 bits per heavy atom. The van der Waals surface area contributed by atoms with Gasteiger partial charge in [-0.05, 0) is 35.8 Å². The molecule has 0 radical (unpaired) electrons. The van der Waals surface area contributed by atoms with Crippen LogP contribution in [0.25, 0.3) is 22.6 Å². The van der Waals surface area contributed by atoms with Crippen LogP contribution in [0.4, 0.5) is 0 Å². The molecule has 2 aromatic carbocycles. The molecular weight excluding hydrogens is 246 g/mol. The van der Waals surface area contributed by atoms with Gasteiger partial charge in [-0.2, -0.15) is 0 Å². The second-order valence-corrected chi connectivity index (χ2v) is 4.81. The van der Waals surface area contributed by atoms with Crippen LogP contribution >= 0.6 is 0 Å². The van der Waals surface area contributed by atoms with Gasteiger partial charge in [-0.15, -0.1) is 0 Å². The van der Waals surface area contributed by atoms with Crippen molar-refractivity contribution in [1.29, 1.82) is 0 Å². The van der Waals surface area contributed by atoms with E-state index in [0.717, 1.165) is 16.5 Å². The predicted molar refractivity (Wildman–Crippen MR) is 83.4 cm³/mol. The highest BCUT2D eigenvalue weighted by molar-refractivity contribution is 5.89. The molecule has 98 valence electrons. The van der Waals surface area contributed by atoms with Crippen LogP contribution in [0.5, 0.6) is 5.75 Å². The lowest BCUT2D eigenvalue weighted by Gasteiger charge is -2.05. The number of hydrogen-bond acceptors (Lipinski definition) is 2. The largest absolute Gasteiger partial charge is 0.506 e. The molecule has 1 N–H and O–H groups in total. The Morgan fingerprint density at radius 2 is 1.85 bits per heavy atom. The molecule has 2 nitrogen and oxygen atoms in total. The van der Waals surface area contributed by atoms with Gasteiger partial charge in [-0.1, -0.05) is 48.5 Å². The van der Waals surface area contributed by atoms with E-state index in [1.165, 1.54) is 5.56 Å². The quantitative estimate of drug-likeness (QED) is 0.736. The summed E-state index contributed by atoms with van der Waals surface area (Å²) >= 11 is 0. The molecule has 2 heteroatoms. The molecule has 0 saturated heterocycles. The minimum absolute atomic E-state index is 0.221. The fourth-order valence-corrected chi connectivity index (χ4v) is 2.24. The average molecular weight is 261 g/mol. The van der Waals surface area contributed by atoms with Gasteiger partial charge >= 0.3 is 0 Å². The van der Waals surface area contributed by atoms with E-state index in [0.29, 0.717) is 5.52 Å². The number of para-hydroxylation sites is 1. The van der Waals surface area contributed by atoms with E-state index in [1.807, 2.05) is 30.3 Å². The summed E-state index contributed by atoms with van der Waals surface area (Å²) in [6.45, 7) is 2.07. The first-order valence-corrected chi connectivity index (χ1v) is 6.55. The first-order valence-electron chi connectivity index (χ1n) is 6.55. The average Bonchev–Trinajstić information content (AvgIpc) is 2.48. The van der Waals surface area contributed by atoms with E-state index in [4.69, 9.17) is 0 Å². The fourth-order valence-electron chi connectivity index (χ4n) is 2.24. The zero-order valence-corrected chi connectivity index (χ0v) is 11.2. The first kappa shape index (κ1) is 12.4. The minimum Gasteiger partial charge on any atom is -0.506 e. The van der Waals surface area contributed by atoms with E-state index >= 15 is 0 Å². The Balaban J connectivity index is 2.04. The molecule has 0 bridgehead atoms. The van der Waals surface area contributed by atoms with Crippen molar-refractivity contribution in [3.8, 4) is 5.75 Å². The lowest BCUT2D eigenvalue weighted by Crippen LogP contribution is -1.85. The molecule has 0 fully saturated rings. The summed E-state index contributed by atoms with van der Waals surface area (Å²) in [6.07, 6.45) is 3.93. The van der Waals surface area contributed by atoms with Crippen LogP contribution in [-0.2, 0) is 0 Å². The number of phenolic OH excluding ortho intramolecular Hbond substituents is 1. The Bertz CT molecular complexity index is 776. The van der Waals surface area contributed by atoms with Crippen LogP contribution in [0.15, 0.2) is 60.8 Å². The summed E-state index contributed by atoms with van der Waals surface area (Å²) in [5, 5.41) is 10.7. The monoisotopic (exact) mass is 261 g/mol. The third-order valence-electron chi connectivity index (χ3n) is 3.33. The molecular formula is C18H15NO. The maximum Gasteiger partial charge on any atom is 0.141 e. The molecule has 0 aliphatic rings. The first-order chi connectivity index (χ1) is 9.74. The van der Waals surface area contributed by atoms with Gasteiger partial charge in [-0.3, -0.25) is 4.98 Å². The second-order valence-electron chi connectivity index (χ2n) is 4.81. The van der Waals surface area contributed by atoms with Crippen LogP contribution in [-0.4, -0.2) is 10.1 Å². The number of nitrogens with zero attached hydrogens (tertiary/aromatic N) is 1. The summed E-state index contributed by atoms with van der Waals surface area (Å²) in [5.41, 5.74) is 4.02. The van der Waals surface area contributed by atoms with Crippen molar-refractivity contribution in [3.63, 3.8) is 0 Å². The number of allylic oxidation sites excluding steroid dienone is 1. The molecule has 3 aromatic rings. The van der Waals surface area contributed by atoms with E-state index in [1.54, 1.807) is 12.3 Å². The zero-order valence-electron chi connectivity index (χ0n) is 11.2. The maximum absolute atomic E-state index is 9.76. The Morgan fingerprint density at radius 1 is 1.05 bits per heavy atom. The van der Waals surface area contributed by atoms with Gasteiger partial charge in [0.25, 0.3) is 0 Å². The van der Waals surface area contributed by atoms with Crippen molar-refractivity contribution in [2.24, 2.45) is 0 Å². The molecule has 0 unspecified atom stereocenters. The van der Waals surface area contributed by atoms with E-state index in [9.17, 15) is 5.11 Å². The highest BCUT2D eigenvalue weighted by Gasteiger charge is 2.03. The molecule has 3 rings (SSSR count). The van der Waals surface area contributed by atoms with Crippen molar-refractivity contribution >= 4 is 22.6 Å². The summed E-state index contributed by atoms with van der Waals surface area (Å²) in [6, 6.07) is 17.7. The van der Waals surface area contributed by atoms with Crippen molar-refractivity contribution in [2.75, 3.05) is 0 Å². The van der Waals surface area contributed by atoms with Gasteiger partial charge in [0.1, 0.15) is 11.3 Å². The smallest absolute Gasteiger partial charge is 0.141 e. The molecule has 0 spiro atoms. The highest BCUT2D eigenvalue weighted by atomic mass is 16.3. The standard InChI is InChI=1S/C18H15NO/c1-13(10-14-6-3-2-4-7-14)16-11-15-8-5-9-17(20)18(15)19-12-16/h2-12,20H,1H3/b13-10+. The van der Waals surface area contributed by atoms with Gasteiger partial charge in [0.2, 0.25) is 0 Å². The number of rotatable bonds is 2. The van der Waals surface area contributed by atoms with Crippen molar-refractivity contribution in [1.82, 2.24) is 4.98 Å². The normalized spacial score (nSPS) is 11.8. The number of aromatic nitrogens is 1. The third kappa shape index (κ3) is 2.41. The van der Waals surface area contributed by atoms with Crippen LogP contribution in [0.1, 0.15) is 18.1 Å². The number of pyridine rings is 1. The topological polar surface area (TPSA) is 33.1 Å². The van der Waals surface area contributed by atoms with Crippen molar-refractivity contribution in [2.45, 2.75) is 6.92 Å². The van der Waals surface area contributed by atoms with Crippen molar-refractivity contribution < 1.29 is 5.11 Å². The molecule has 0 atom stereocenters. The molecule has 1 heterocycles. The lowest BCUT2D eigenvalue weighted by atomic mass is 10.0. The van der Waals surface area contributed by atoms with Crippen LogP contribution in [0.3, 0.4) is 0 Å². The number of fused-ring (bicyclic) bond motifs is 1. The summed E-state index contributed by atoms with van der Waals surface area (Å²) in [7, 11) is 0. The van der Waals surface area contributed by atoms with E-state index < -0.39 is 0 Å². The molecule has 0 amide bonds. The molecule has 20 heavy (non-hydrogen) atoms. The van der Waals surface area contributed by atoms with Crippen LogP contribution < -0.4 is 0 Å². The van der Waals surface area contributed by atoms with Gasteiger partial charge in [-0.25, -0.2) is 0 Å². The Hall–Kier alpha value is -2.61. The second kappa shape index (κ2) is 5.17. The molecule has 0 saturated carbocycles. The molecule has 1 aromatic heterocycles. The fraction of sp³-hybridized carbons (Fsp3) is 0.0556. The van der Waals surface area contributed by atoms with Gasteiger partial charge in [0, 0.05) is 11.6 Å². The van der Waals surface area contributed by atoms with Crippen LogP contribution in [0, 0.1) is 0 Å². The minimum atomic E-state index is 0.221. The number of phenols is 1. The van der Waals surface area contributed by atoms with Gasteiger partial charge < -0.3 is 5.11 Å². The van der Waals surface area contributed by atoms with E-state index in [-0.39, 0.29) is 5.75 Å². The van der Waals surface area contributed by atoms with Crippen molar-refractivity contribution in [3.05, 3.63) is 71.9 Å².